The van der Waals surface area contributed by atoms with Crippen molar-refractivity contribution in [2.45, 2.75) is 13.3 Å². The summed E-state index contributed by atoms with van der Waals surface area (Å²) < 4.78 is 0. The van der Waals surface area contributed by atoms with Gasteiger partial charge in [-0.05, 0) is 31.2 Å². The average molecular weight is 284 g/mol. The number of benzene rings is 1. The molecule has 102 valence electrons. The van der Waals surface area contributed by atoms with Gasteiger partial charge in [0.25, 0.3) is 0 Å². The lowest BCUT2D eigenvalue weighted by Crippen LogP contribution is -2.06. The summed E-state index contributed by atoms with van der Waals surface area (Å²) in [6.45, 7) is 2.85. The van der Waals surface area contributed by atoms with Crippen LogP contribution >= 0.6 is 11.3 Å². The summed E-state index contributed by atoms with van der Waals surface area (Å²) in [5.74, 6) is 0. The van der Waals surface area contributed by atoms with Crippen molar-refractivity contribution in [1.29, 1.82) is 0 Å². The third-order valence-electron chi connectivity index (χ3n) is 3.10. The van der Waals surface area contributed by atoms with Crippen molar-refractivity contribution in [2.75, 3.05) is 17.6 Å². The molecule has 0 spiro atoms. The molecular weight excluding hydrogens is 268 g/mol. The Hall–Kier alpha value is -2.14. The van der Waals surface area contributed by atoms with Crippen LogP contribution in [-0.4, -0.2) is 16.5 Å². The number of aryl methyl sites for hydroxylation is 1. The molecule has 0 amide bonds. The van der Waals surface area contributed by atoms with E-state index in [-0.39, 0.29) is 0 Å². The van der Waals surface area contributed by atoms with E-state index >= 15 is 0 Å². The Balaban J connectivity index is 1.84. The molecular formula is C15H16N4S. The molecule has 0 fully saturated rings. The molecule has 1 aromatic carbocycles. The summed E-state index contributed by atoms with van der Waals surface area (Å²) in [4.78, 5) is 8.82. The zero-order chi connectivity index (χ0) is 13.9. The zero-order valence-corrected chi connectivity index (χ0v) is 12.1. The number of anilines is 2. The van der Waals surface area contributed by atoms with Gasteiger partial charge < -0.3 is 11.1 Å². The van der Waals surface area contributed by atoms with Crippen molar-refractivity contribution in [3.05, 3.63) is 46.5 Å². The van der Waals surface area contributed by atoms with Gasteiger partial charge in [-0.15, -0.1) is 11.3 Å². The van der Waals surface area contributed by atoms with E-state index in [2.05, 4.69) is 21.4 Å². The smallest absolute Gasteiger partial charge is 0.0942 e. The highest BCUT2D eigenvalue weighted by Crippen LogP contribution is 2.25. The predicted molar refractivity (Wildman–Crippen MR) is 85.2 cm³/mol. The first-order chi connectivity index (χ1) is 9.72. The van der Waals surface area contributed by atoms with E-state index in [0.29, 0.717) is 0 Å². The van der Waals surface area contributed by atoms with Gasteiger partial charge in [-0.1, -0.05) is 0 Å². The van der Waals surface area contributed by atoms with Crippen LogP contribution in [0.3, 0.4) is 0 Å². The molecule has 0 aliphatic rings. The molecule has 0 saturated carbocycles. The number of rotatable bonds is 4. The summed E-state index contributed by atoms with van der Waals surface area (Å²) in [5.41, 5.74) is 9.68. The zero-order valence-electron chi connectivity index (χ0n) is 11.3. The SMILES string of the molecule is Cc1cc(NCCc2nccs2)c2cc(N)ccc2n1. The summed E-state index contributed by atoms with van der Waals surface area (Å²) in [6.07, 6.45) is 2.76. The minimum Gasteiger partial charge on any atom is -0.399 e. The van der Waals surface area contributed by atoms with Crippen LogP contribution in [0.4, 0.5) is 11.4 Å². The number of nitrogens with one attached hydrogen (secondary N) is 1. The Morgan fingerprint density at radius 1 is 1.30 bits per heavy atom. The van der Waals surface area contributed by atoms with Crippen molar-refractivity contribution in [3.8, 4) is 0 Å². The first kappa shape index (κ1) is 12.9. The van der Waals surface area contributed by atoms with Gasteiger partial charge >= 0.3 is 0 Å². The van der Waals surface area contributed by atoms with Crippen LogP contribution in [0.2, 0.25) is 0 Å². The maximum absolute atomic E-state index is 5.87. The Bertz CT molecular complexity index is 722. The summed E-state index contributed by atoms with van der Waals surface area (Å²) in [7, 11) is 0. The van der Waals surface area contributed by atoms with Gasteiger partial charge in [0.15, 0.2) is 0 Å². The first-order valence-corrected chi connectivity index (χ1v) is 7.39. The van der Waals surface area contributed by atoms with Crippen molar-refractivity contribution >= 4 is 33.6 Å². The maximum Gasteiger partial charge on any atom is 0.0942 e. The molecule has 2 aromatic heterocycles. The van der Waals surface area contributed by atoms with Crippen LogP contribution in [0.1, 0.15) is 10.7 Å². The van der Waals surface area contributed by atoms with Gasteiger partial charge in [0, 0.05) is 47.0 Å². The van der Waals surface area contributed by atoms with Crippen molar-refractivity contribution < 1.29 is 0 Å². The number of nitrogens with zero attached hydrogens (tertiary/aromatic N) is 2. The predicted octanol–water partition coefficient (Wildman–Crippen LogP) is 3.24. The second kappa shape index (κ2) is 5.46. The third-order valence-corrected chi connectivity index (χ3v) is 3.94. The number of aromatic nitrogens is 2. The molecule has 0 radical (unpaired) electrons. The number of hydrogen-bond donors (Lipinski definition) is 2. The molecule has 5 heteroatoms. The molecule has 20 heavy (non-hydrogen) atoms. The Labute approximate surface area is 121 Å². The van der Waals surface area contributed by atoms with Crippen LogP contribution < -0.4 is 11.1 Å². The molecule has 3 aromatic rings. The monoisotopic (exact) mass is 284 g/mol. The Morgan fingerprint density at radius 3 is 3.00 bits per heavy atom. The fourth-order valence-electron chi connectivity index (χ4n) is 2.20. The standard InChI is InChI=1S/C15H16N4S/c1-10-8-14(17-5-4-15-18-6-7-20-15)12-9-11(16)2-3-13(12)19-10/h2-3,6-9H,4-5,16H2,1H3,(H,17,19). The Morgan fingerprint density at radius 2 is 2.20 bits per heavy atom. The van der Waals surface area contributed by atoms with Crippen LogP contribution in [0.5, 0.6) is 0 Å². The molecule has 0 bridgehead atoms. The van der Waals surface area contributed by atoms with E-state index in [1.165, 1.54) is 0 Å². The highest BCUT2D eigenvalue weighted by atomic mass is 32.1. The van der Waals surface area contributed by atoms with Gasteiger partial charge in [0.1, 0.15) is 0 Å². The van der Waals surface area contributed by atoms with Gasteiger partial charge in [-0.2, -0.15) is 0 Å². The van der Waals surface area contributed by atoms with Gasteiger partial charge in [0.05, 0.1) is 10.5 Å². The number of hydrogen-bond acceptors (Lipinski definition) is 5. The van der Waals surface area contributed by atoms with Crippen molar-refractivity contribution in [3.63, 3.8) is 0 Å². The third kappa shape index (κ3) is 2.72. The van der Waals surface area contributed by atoms with Crippen molar-refractivity contribution in [2.24, 2.45) is 0 Å². The molecule has 0 saturated heterocycles. The van der Waals surface area contributed by atoms with Crippen LogP contribution in [-0.2, 0) is 6.42 Å². The lowest BCUT2D eigenvalue weighted by molar-refractivity contribution is 0.998. The highest BCUT2D eigenvalue weighted by Gasteiger charge is 2.05. The quantitative estimate of drug-likeness (QED) is 0.722. The molecule has 4 nitrogen and oxygen atoms in total. The summed E-state index contributed by atoms with van der Waals surface area (Å²) in [6, 6.07) is 7.87. The first-order valence-electron chi connectivity index (χ1n) is 6.51. The van der Waals surface area contributed by atoms with E-state index in [9.17, 15) is 0 Å². The molecule has 0 unspecified atom stereocenters. The molecule has 0 aliphatic heterocycles. The van der Waals surface area contributed by atoms with E-state index in [0.717, 1.165) is 45.9 Å². The molecule has 3 rings (SSSR count). The van der Waals surface area contributed by atoms with Gasteiger partial charge in [0.2, 0.25) is 0 Å². The van der Waals surface area contributed by atoms with Crippen LogP contribution in [0.25, 0.3) is 10.9 Å². The van der Waals surface area contributed by atoms with Gasteiger partial charge in [-0.3, -0.25) is 4.98 Å². The number of thiazole rings is 1. The molecule has 2 heterocycles. The summed E-state index contributed by atoms with van der Waals surface area (Å²) >= 11 is 1.68. The van der Waals surface area contributed by atoms with Crippen molar-refractivity contribution in [1.82, 2.24) is 9.97 Å². The number of fused-ring (bicyclic) bond motifs is 1. The lowest BCUT2D eigenvalue weighted by Gasteiger charge is -2.10. The number of nitrogen functional groups attached to an aromatic ring is 1. The lowest BCUT2D eigenvalue weighted by atomic mass is 10.1. The van der Waals surface area contributed by atoms with Gasteiger partial charge in [-0.25, -0.2) is 4.98 Å². The van der Waals surface area contributed by atoms with E-state index in [4.69, 9.17) is 5.73 Å². The average Bonchev–Trinajstić information content (AvgIpc) is 2.92. The number of nitrogens with two attached hydrogens (primary N) is 1. The fraction of sp³-hybridized carbons (Fsp3) is 0.200. The largest absolute Gasteiger partial charge is 0.399 e. The van der Waals surface area contributed by atoms with Crippen LogP contribution in [0, 0.1) is 6.92 Å². The van der Waals surface area contributed by atoms with Crippen LogP contribution in [0.15, 0.2) is 35.8 Å². The minimum absolute atomic E-state index is 0.756. The normalized spacial score (nSPS) is 10.8. The molecule has 3 N–H and O–H groups in total. The Kier molecular flexibility index (Phi) is 3.52. The number of pyridine rings is 1. The fourth-order valence-corrected chi connectivity index (χ4v) is 2.82. The molecule has 0 aliphatic carbocycles. The highest BCUT2D eigenvalue weighted by molar-refractivity contribution is 7.09. The molecule has 0 atom stereocenters. The second-order valence-corrected chi connectivity index (χ2v) is 5.67. The van der Waals surface area contributed by atoms with E-state index in [1.807, 2.05) is 36.7 Å². The van der Waals surface area contributed by atoms with E-state index in [1.54, 1.807) is 11.3 Å². The second-order valence-electron chi connectivity index (χ2n) is 4.69. The maximum atomic E-state index is 5.87. The topological polar surface area (TPSA) is 63.8 Å². The summed E-state index contributed by atoms with van der Waals surface area (Å²) in [5, 5.41) is 7.68. The minimum atomic E-state index is 0.756. The van der Waals surface area contributed by atoms with E-state index < -0.39 is 0 Å².